The molecular formula is C13H23NO5. The molecule has 1 unspecified atom stereocenters. The molecule has 1 fully saturated rings. The summed E-state index contributed by atoms with van der Waals surface area (Å²) < 4.78 is 10.2. The molecule has 19 heavy (non-hydrogen) atoms. The number of nitrogens with one attached hydrogen (secondary N) is 1. The molecule has 6 heteroatoms. The fourth-order valence-corrected chi connectivity index (χ4v) is 1.94. The number of carboxylic acids is 1. The van der Waals surface area contributed by atoms with Crippen molar-refractivity contribution in [1.82, 2.24) is 5.32 Å². The first-order valence-electron chi connectivity index (χ1n) is 6.47. The topological polar surface area (TPSA) is 84.9 Å². The van der Waals surface area contributed by atoms with E-state index in [1.807, 2.05) is 6.92 Å². The van der Waals surface area contributed by atoms with Crippen LogP contribution in [0, 0.1) is 5.41 Å². The molecule has 0 spiro atoms. The Hall–Kier alpha value is -1.30. The summed E-state index contributed by atoms with van der Waals surface area (Å²) in [4.78, 5) is 22.8. The summed E-state index contributed by atoms with van der Waals surface area (Å²) in [6.45, 7) is 8.28. The molecule has 1 aliphatic rings. The Labute approximate surface area is 113 Å². The van der Waals surface area contributed by atoms with Crippen molar-refractivity contribution in [3.05, 3.63) is 0 Å². The van der Waals surface area contributed by atoms with E-state index in [2.05, 4.69) is 5.32 Å². The molecule has 0 aliphatic carbocycles. The maximum atomic E-state index is 11.6. The van der Waals surface area contributed by atoms with E-state index in [1.165, 1.54) is 0 Å². The fraction of sp³-hybridized carbons (Fsp3) is 0.846. The van der Waals surface area contributed by atoms with Crippen LogP contribution in [0.1, 0.15) is 40.5 Å². The summed E-state index contributed by atoms with van der Waals surface area (Å²) in [5, 5.41) is 11.6. The number of carbonyl (C=O) groups is 2. The second-order valence-corrected chi connectivity index (χ2v) is 6.09. The third kappa shape index (κ3) is 4.70. The Morgan fingerprint density at radius 3 is 2.32 bits per heavy atom. The number of amides is 1. The first kappa shape index (κ1) is 15.8. The SMILES string of the molecule is CCC1(CC(NC(=O)OC(C)(C)C)C(=O)O)COC1. The van der Waals surface area contributed by atoms with Crippen LogP contribution in [0.25, 0.3) is 0 Å². The van der Waals surface area contributed by atoms with Crippen LogP contribution >= 0.6 is 0 Å². The van der Waals surface area contributed by atoms with Crippen LogP contribution in [0.15, 0.2) is 0 Å². The van der Waals surface area contributed by atoms with E-state index in [0.29, 0.717) is 19.6 Å². The van der Waals surface area contributed by atoms with E-state index in [1.54, 1.807) is 20.8 Å². The lowest BCUT2D eigenvalue weighted by atomic mass is 9.77. The van der Waals surface area contributed by atoms with Gasteiger partial charge >= 0.3 is 12.1 Å². The monoisotopic (exact) mass is 273 g/mol. The second kappa shape index (κ2) is 5.77. The van der Waals surface area contributed by atoms with Crippen molar-refractivity contribution in [2.45, 2.75) is 52.2 Å². The molecule has 1 aliphatic heterocycles. The average molecular weight is 273 g/mol. The molecule has 1 heterocycles. The van der Waals surface area contributed by atoms with E-state index >= 15 is 0 Å². The molecule has 1 amide bonds. The minimum Gasteiger partial charge on any atom is -0.480 e. The van der Waals surface area contributed by atoms with Crippen LogP contribution in [0.2, 0.25) is 0 Å². The van der Waals surface area contributed by atoms with Crippen molar-refractivity contribution in [2.75, 3.05) is 13.2 Å². The first-order valence-corrected chi connectivity index (χ1v) is 6.47. The van der Waals surface area contributed by atoms with Crippen molar-refractivity contribution in [2.24, 2.45) is 5.41 Å². The number of hydrogen-bond donors (Lipinski definition) is 2. The molecule has 0 saturated carbocycles. The molecule has 0 aromatic heterocycles. The quantitative estimate of drug-likeness (QED) is 0.797. The largest absolute Gasteiger partial charge is 0.480 e. The normalized spacial score (nSPS) is 19.2. The number of hydrogen-bond acceptors (Lipinski definition) is 4. The number of carbonyl (C=O) groups excluding carboxylic acids is 1. The van der Waals surface area contributed by atoms with Gasteiger partial charge in [0.15, 0.2) is 0 Å². The molecule has 0 radical (unpaired) electrons. The summed E-state index contributed by atoms with van der Waals surface area (Å²) in [5.74, 6) is -1.05. The Morgan fingerprint density at radius 1 is 1.42 bits per heavy atom. The van der Waals surface area contributed by atoms with Crippen LogP contribution in [-0.2, 0) is 14.3 Å². The number of aliphatic carboxylic acids is 1. The third-order valence-electron chi connectivity index (χ3n) is 3.19. The van der Waals surface area contributed by atoms with Crippen LogP contribution in [0.3, 0.4) is 0 Å². The first-order chi connectivity index (χ1) is 8.67. The summed E-state index contributed by atoms with van der Waals surface area (Å²) in [6, 6.07) is -0.946. The van der Waals surface area contributed by atoms with Crippen molar-refractivity contribution < 1.29 is 24.2 Å². The predicted octanol–water partition coefficient (Wildman–Crippen LogP) is 1.78. The highest BCUT2D eigenvalue weighted by Crippen LogP contribution is 2.36. The van der Waals surface area contributed by atoms with Gasteiger partial charge in [0, 0.05) is 5.41 Å². The highest BCUT2D eigenvalue weighted by Gasteiger charge is 2.41. The zero-order valence-corrected chi connectivity index (χ0v) is 12.0. The van der Waals surface area contributed by atoms with Gasteiger partial charge in [-0.1, -0.05) is 6.92 Å². The molecule has 1 rings (SSSR count). The van der Waals surface area contributed by atoms with Crippen LogP contribution in [0.5, 0.6) is 0 Å². The van der Waals surface area contributed by atoms with Gasteiger partial charge in [-0.2, -0.15) is 0 Å². The summed E-state index contributed by atoms with van der Waals surface area (Å²) in [6.07, 6.45) is 0.483. The molecule has 0 aromatic carbocycles. The summed E-state index contributed by atoms with van der Waals surface area (Å²) in [5.41, 5.74) is -0.784. The molecular weight excluding hydrogens is 250 g/mol. The summed E-state index contributed by atoms with van der Waals surface area (Å²) in [7, 11) is 0. The fourth-order valence-electron chi connectivity index (χ4n) is 1.94. The second-order valence-electron chi connectivity index (χ2n) is 6.09. The number of alkyl carbamates (subject to hydrolysis) is 1. The molecule has 110 valence electrons. The third-order valence-corrected chi connectivity index (χ3v) is 3.19. The molecule has 6 nitrogen and oxygen atoms in total. The Bertz CT molecular complexity index is 338. The van der Waals surface area contributed by atoms with Gasteiger partial charge in [-0.3, -0.25) is 0 Å². The highest BCUT2D eigenvalue weighted by molar-refractivity contribution is 5.80. The lowest BCUT2D eigenvalue weighted by Gasteiger charge is -2.42. The summed E-state index contributed by atoms with van der Waals surface area (Å²) >= 11 is 0. The molecule has 1 saturated heterocycles. The van der Waals surface area contributed by atoms with Gasteiger partial charge in [0.25, 0.3) is 0 Å². The predicted molar refractivity (Wildman–Crippen MR) is 69.0 cm³/mol. The van der Waals surface area contributed by atoms with Crippen molar-refractivity contribution >= 4 is 12.1 Å². The highest BCUT2D eigenvalue weighted by atomic mass is 16.6. The van der Waals surface area contributed by atoms with E-state index in [4.69, 9.17) is 9.47 Å². The van der Waals surface area contributed by atoms with E-state index in [9.17, 15) is 14.7 Å². The molecule has 2 N–H and O–H groups in total. The van der Waals surface area contributed by atoms with Crippen LogP contribution < -0.4 is 5.32 Å². The van der Waals surface area contributed by atoms with E-state index in [0.717, 1.165) is 6.42 Å². The van der Waals surface area contributed by atoms with Gasteiger partial charge in [-0.05, 0) is 33.6 Å². The Kier molecular flexibility index (Phi) is 4.79. The number of carboxylic acid groups (broad SMARTS) is 1. The maximum Gasteiger partial charge on any atom is 0.408 e. The van der Waals surface area contributed by atoms with Gasteiger partial charge in [0.1, 0.15) is 11.6 Å². The Morgan fingerprint density at radius 2 is 2.00 bits per heavy atom. The van der Waals surface area contributed by atoms with Gasteiger partial charge in [-0.25, -0.2) is 9.59 Å². The van der Waals surface area contributed by atoms with Crippen molar-refractivity contribution in [3.63, 3.8) is 0 Å². The smallest absolute Gasteiger partial charge is 0.408 e. The van der Waals surface area contributed by atoms with Gasteiger partial charge in [0.2, 0.25) is 0 Å². The standard InChI is InChI=1S/C13H23NO5/c1-5-13(7-18-8-13)6-9(10(15)16)14-11(17)19-12(2,3)4/h9H,5-8H2,1-4H3,(H,14,17)(H,15,16). The van der Waals surface area contributed by atoms with E-state index < -0.39 is 23.7 Å². The van der Waals surface area contributed by atoms with Crippen LogP contribution in [0.4, 0.5) is 4.79 Å². The van der Waals surface area contributed by atoms with Gasteiger partial charge in [-0.15, -0.1) is 0 Å². The van der Waals surface area contributed by atoms with Gasteiger partial charge in [0.05, 0.1) is 13.2 Å². The zero-order valence-electron chi connectivity index (χ0n) is 12.0. The lowest BCUT2D eigenvalue weighted by molar-refractivity contribution is -0.148. The zero-order chi connectivity index (χ0) is 14.7. The van der Waals surface area contributed by atoms with Crippen molar-refractivity contribution in [3.8, 4) is 0 Å². The Balaban J connectivity index is 2.58. The minimum absolute atomic E-state index is 0.141. The molecule has 0 bridgehead atoms. The van der Waals surface area contributed by atoms with Crippen molar-refractivity contribution in [1.29, 1.82) is 0 Å². The lowest BCUT2D eigenvalue weighted by Crippen LogP contribution is -2.51. The molecule has 1 atom stereocenters. The van der Waals surface area contributed by atoms with Gasteiger partial charge < -0.3 is 19.9 Å². The minimum atomic E-state index is -1.05. The molecule has 0 aromatic rings. The van der Waals surface area contributed by atoms with E-state index in [-0.39, 0.29) is 5.41 Å². The number of rotatable bonds is 5. The average Bonchev–Trinajstić information content (AvgIpc) is 2.18. The number of ether oxygens (including phenoxy) is 2. The van der Waals surface area contributed by atoms with Crippen LogP contribution in [-0.4, -0.2) is 42.0 Å². The maximum absolute atomic E-state index is 11.6.